The van der Waals surface area contributed by atoms with Crippen LogP contribution in [-0.2, 0) is 4.74 Å². The molecule has 1 aliphatic rings. The first kappa shape index (κ1) is 15.5. The Morgan fingerprint density at radius 3 is 2.96 bits per heavy atom. The molecule has 0 amide bonds. The van der Waals surface area contributed by atoms with Gasteiger partial charge in [-0.15, -0.1) is 0 Å². The lowest BCUT2D eigenvalue weighted by atomic mass is 10.1. The van der Waals surface area contributed by atoms with E-state index in [1.54, 1.807) is 24.5 Å². The summed E-state index contributed by atoms with van der Waals surface area (Å²) < 4.78 is 7.33. The molecular formula is C17H22N4O2. The lowest BCUT2D eigenvalue weighted by molar-refractivity contribution is 0.0378. The van der Waals surface area contributed by atoms with Crippen molar-refractivity contribution in [2.24, 2.45) is 0 Å². The first-order valence-electron chi connectivity index (χ1n) is 8.05. The van der Waals surface area contributed by atoms with Crippen molar-refractivity contribution >= 4 is 11.8 Å². The van der Waals surface area contributed by atoms with E-state index in [-0.39, 0.29) is 12.1 Å². The Balaban J connectivity index is 1.82. The second kappa shape index (κ2) is 6.81. The number of nitrogens with zero attached hydrogens (tertiary/aromatic N) is 4. The van der Waals surface area contributed by atoms with E-state index in [2.05, 4.69) is 15.0 Å². The van der Waals surface area contributed by atoms with Crippen molar-refractivity contribution in [2.75, 3.05) is 18.0 Å². The van der Waals surface area contributed by atoms with Gasteiger partial charge < -0.3 is 9.64 Å². The predicted octanol–water partition coefficient (Wildman–Crippen LogP) is 2.68. The first-order valence-corrected chi connectivity index (χ1v) is 8.05. The molecule has 0 radical (unpaired) electrons. The Kier molecular flexibility index (Phi) is 4.60. The summed E-state index contributed by atoms with van der Waals surface area (Å²) in [4.78, 5) is 18.9. The molecule has 0 aromatic carbocycles. The molecule has 2 aromatic rings. The van der Waals surface area contributed by atoms with E-state index >= 15 is 0 Å². The van der Waals surface area contributed by atoms with Gasteiger partial charge in [-0.2, -0.15) is 5.10 Å². The van der Waals surface area contributed by atoms with E-state index in [0.717, 1.165) is 25.9 Å². The molecule has 1 saturated heterocycles. The molecule has 2 aromatic heterocycles. The number of anilines is 1. The molecule has 122 valence electrons. The summed E-state index contributed by atoms with van der Waals surface area (Å²) in [6.45, 7) is 5.38. The van der Waals surface area contributed by atoms with Gasteiger partial charge in [-0.25, -0.2) is 9.78 Å². The maximum absolute atomic E-state index is 12.3. The minimum atomic E-state index is -0.315. The molecule has 0 aliphatic carbocycles. The largest absolute Gasteiger partial charge is 0.459 e. The molecule has 0 bridgehead atoms. The Hall–Kier alpha value is -2.37. The Morgan fingerprint density at radius 2 is 2.22 bits per heavy atom. The van der Waals surface area contributed by atoms with E-state index in [0.29, 0.717) is 17.4 Å². The number of esters is 1. The zero-order valence-electron chi connectivity index (χ0n) is 13.6. The van der Waals surface area contributed by atoms with Gasteiger partial charge in [-0.3, -0.25) is 4.68 Å². The highest BCUT2D eigenvalue weighted by molar-refractivity contribution is 5.94. The molecule has 6 nitrogen and oxygen atoms in total. The van der Waals surface area contributed by atoms with Crippen LogP contribution in [0.5, 0.6) is 0 Å². The standard InChI is InChI=1S/C17H22N4O2/c1-13(2)23-17(22)15-7-3-8-18-16(15)20-10-4-6-14(12-20)21-11-5-9-19-21/h3,5,7-9,11,13-14H,4,6,10,12H2,1-2H3/t14-/m0/s1. The fourth-order valence-electron chi connectivity index (χ4n) is 2.95. The van der Waals surface area contributed by atoms with Crippen LogP contribution >= 0.6 is 0 Å². The fraction of sp³-hybridized carbons (Fsp3) is 0.471. The molecule has 0 N–H and O–H groups in total. The topological polar surface area (TPSA) is 60.2 Å². The second-order valence-corrected chi connectivity index (χ2v) is 6.06. The van der Waals surface area contributed by atoms with Crippen LogP contribution in [0.15, 0.2) is 36.8 Å². The van der Waals surface area contributed by atoms with Crippen LogP contribution in [0.3, 0.4) is 0 Å². The van der Waals surface area contributed by atoms with Gasteiger partial charge in [0.05, 0.1) is 12.1 Å². The van der Waals surface area contributed by atoms with Crippen LogP contribution in [0.1, 0.15) is 43.1 Å². The highest BCUT2D eigenvalue weighted by Crippen LogP contribution is 2.27. The van der Waals surface area contributed by atoms with E-state index in [1.165, 1.54) is 0 Å². The molecule has 0 spiro atoms. The maximum atomic E-state index is 12.3. The fourth-order valence-corrected chi connectivity index (χ4v) is 2.95. The highest BCUT2D eigenvalue weighted by Gasteiger charge is 2.26. The minimum Gasteiger partial charge on any atom is -0.459 e. The third-order valence-corrected chi connectivity index (χ3v) is 3.94. The van der Waals surface area contributed by atoms with Crippen LogP contribution in [-0.4, -0.2) is 39.9 Å². The SMILES string of the molecule is CC(C)OC(=O)c1cccnc1N1CCC[C@H](n2cccn2)C1. The molecule has 1 atom stereocenters. The third kappa shape index (κ3) is 3.52. The second-order valence-electron chi connectivity index (χ2n) is 6.06. The zero-order valence-corrected chi connectivity index (χ0v) is 13.6. The van der Waals surface area contributed by atoms with Crippen molar-refractivity contribution in [1.29, 1.82) is 0 Å². The van der Waals surface area contributed by atoms with Gasteiger partial charge in [-0.05, 0) is 44.9 Å². The lowest BCUT2D eigenvalue weighted by Gasteiger charge is -2.34. The third-order valence-electron chi connectivity index (χ3n) is 3.94. The average Bonchev–Trinajstić information content (AvgIpc) is 3.09. The Bertz CT molecular complexity index is 654. The number of hydrogen-bond acceptors (Lipinski definition) is 5. The summed E-state index contributed by atoms with van der Waals surface area (Å²) in [5.41, 5.74) is 0.530. The smallest absolute Gasteiger partial charge is 0.342 e. The molecule has 3 heterocycles. The monoisotopic (exact) mass is 314 g/mol. The quantitative estimate of drug-likeness (QED) is 0.812. The predicted molar refractivity (Wildman–Crippen MR) is 87.5 cm³/mol. The number of aromatic nitrogens is 3. The van der Waals surface area contributed by atoms with Gasteiger partial charge in [0.1, 0.15) is 11.4 Å². The van der Waals surface area contributed by atoms with E-state index in [9.17, 15) is 4.79 Å². The number of piperidine rings is 1. The van der Waals surface area contributed by atoms with Crippen LogP contribution in [0, 0.1) is 0 Å². The Morgan fingerprint density at radius 1 is 1.35 bits per heavy atom. The molecule has 6 heteroatoms. The number of carbonyl (C=O) groups excluding carboxylic acids is 1. The minimum absolute atomic E-state index is 0.145. The van der Waals surface area contributed by atoms with Gasteiger partial charge in [0.25, 0.3) is 0 Å². The van der Waals surface area contributed by atoms with Crippen molar-refractivity contribution < 1.29 is 9.53 Å². The maximum Gasteiger partial charge on any atom is 0.342 e. The first-order chi connectivity index (χ1) is 11.1. The number of hydrogen-bond donors (Lipinski definition) is 0. The van der Waals surface area contributed by atoms with Gasteiger partial charge in [0, 0.05) is 31.7 Å². The summed E-state index contributed by atoms with van der Waals surface area (Å²) in [6, 6.07) is 5.79. The van der Waals surface area contributed by atoms with Crippen molar-refractivity contribution in [2.45, 2.75) is 38.8 Å². The van der Waals surface area contributed by atoms with Gasteiger partial charge in [0.2, 0.25) is 0 Å². The molecular weight excluding hydrogens is 292 g/mol. The summed E-state index contributed by atoms with van der Waals surface area (Å²) in [7, 11) is 0. The zero-order chi connectivity index (χ0) is 16.2. The molecule has 0 unspecified atom stereocenters. The van der Waals surface area contributed by atoms with E-state index in [4.69, 9.17) is 4.74 Å². The molecule has 0 saturated carbocycles. The summed E-state index contributed by atoms with van der Waals surface area (Å²) in [5, 5.41) is 4.34. The van der Waals surface area contributed by atoms with Crippen molar-refractivity contribution in [3.05, 3.63) is 42.4 Å². The average molecular weight is 314 g/mol. The van der Waals surface area contributed by atoms with Crippen molar-refractivity contribution in [3.63, 3.8) is 0 Å². The highest BCUT2D eigenvalue weighted by atomic mass is 16.5. The molecule has 23 heavy (non-hydrogen) atoms. The Labute approximate surface area is 136 Å². The van der Waals surface area contributed by atoms with Gasteiger partial charge in [0.15, 0.2) is 0 Å². The number of carbonyl (C=O) groups is 1. The van der Waals surface area contributed by atoms with Gasteiger partial charge >= 0.3 is 5.97 Å². The summed E-state index contributed by atoms with van der Waals surface area (Å²) >= 11 is 0. The van der Waals surface area contributed by atoms with E-state index < -0.39 is 0 Å². The van der Waals surface area contributed by atoms with E-state index in [1.807, 2.05) is 30.8 Å². The van der Waals surface area contributed by atoms with Crippen molar-refractivity contribution in [3.8, 4) is 0 Å². The summed E-state index contributed by atoms with van der Waals surface area (Å²) in [5.74, 6) is 0.388. The normalized spacial score (nSPS) is 18.2. The molecule has 1 aliphatic heterocycles. The van der Waals surface area contributed by atoms with Crippen LogP contribution in [0.25, 0.3) is 0 Å². The van der Waals surface area contributed by atoms with Crippen LogP contribution < -0.4 is 4.90 Å². The number of pyridine rings is 1. The van der Waals surface area contributed by atoms with Crippen molar-refractivity contribution in [1.82, 2.24) is 14.8 Å². The van der Waals surface area contributed by atoms with Crippen LogP contribution in [0.2, 0.25) is 0 Å². The van der Waals surface area contributed by atoms with Gasteiger partial charge in [-0.1, -0.05) is 0 Å². The molecule has 3 rings (SSSR count). The lowest BCUT2D eigenvalue weighted by Crippen LogP contribution is -2.38. The molecule has 1 fully saturated rings. The summed E-state index contributed by atoms with van der Waals surface area (Å²) in [6.07, 6.45) is 7.48. The number of rotatable bonds is 4. The van der Waals surface area contributed by atoms with Crippen LogP contribution in [0.4, 0.5) is 5.82 Å². The number of ether oxygens (including phenoxy) is 1.